The van der Waals surface area contributed by atoms with Gasteiger partial charge >= 0.3 is 0 Å². The lowest BCUT2D eigenvalue weighted by molar-refractivity contribution is 0.193. The fourth-order valence-corrected chi connectivity index (χ4v) is 2.05. The van der Waals surface area contributed by atoms with Crippen LogP contribution in [0.1, 0.15) is 18.0 Å². The summed E-state index contributed by atoms with van der Waals surface area (Å²) in [4.78, 5) is 0. The fraction of sp³-hybridized carbons (Fsp3) is 0.364. The van der Waals surface area contributed by atoms with Gasteiger partial charge in [0.25, 0.3) is 0 Å². The SMILES string of the molecule is c1ccc2c(C3CCOC3)n[nH]c2c1. The van der Waals surface area contributed by atoms with E-state index in [1.807, 2.05) is 6.07 Å². The Kier molecular flexibility index (Phi) is 1.77. The van der Waals surface area contributed by atoms with Crippen molar-refractivity contribution in [2.24, 2.45) is 0 Å². The van der Waals surface area contributed by atoms with E-state index >= 15 is 0 Å². The van der Waals surface area contributed by atoms with Crippen molar-refractivity contribution < 1.29 is 4.74 Å². The monoisotopic (exact) mass is 188 g/mol. The van der Waals surface area contributed by atoms with Crippen molar-refractivity contribution in [1.82, 2.24) is 10.2 Å². The second kappa shape index (κ2) is 3.10. The Bertz CT molecular complexity index is 443. The van der Waals surface area contributed by atoms with Crippen molar-refractivity contribution in [2.75, 3.05) is 13.2 Å². The van der Waals surface area contributed by atoms with Gasteiger partial charge in [-0.2, -0.15) is 5.10 Å². The molecule has 0 bridgehead atoms. The maximum Gasteiger partial charge on any atom is 0.0755 e. The Hall–Kier alpha value is -1.35. The van der Waals surface area contributed by atoms with Gasteiger partial charge in [0, 0.05) is 17.9 Å². The van der Waals surface area contributed by atoms with Crippen LogP contribution in [0.4, 0.5) is 0 Å². The van der Waals surface area contributed by atoms with Crippen LogP contribution in [0.2, 0.25) is 0 Å². The van der Waals surface area contributed by atoms with Gasteiger partial charge in [-0.15, -0.1) is 0 Å². The number of H-pyrrole nitrogens is 1. The van der Waals surface area contributed by atoms with Crippen LogP contribution < -0.4 is 0 Å². The minimum Gasteiger partial charge on any atom is -0.381 e. The topological polar surface area (TPSA) is 37.9 Å². The van der Waals surface area contributed by atoms with E-state index in [4.69, 9.17) is 4.74 Å². The Balaban J connectivity index is 2.11. The Labute approximate surface area is 82.1 Å². The molecule has 3 heteroatoms. The van der Waals surface area contributed by atoms with E-state index in [-0.39, 0.29) is 0 Å². The molecule has 0 aliphatic carbocycles. The number of hydrogen-bond acceptors (Lipinski definition) is 2. The first-order valence-corrected chi connectivity index (χ1v) is 4.96. The van der Waals surface area contributed by atoms with Gasteiger partial charge in [0.2, 0.25) is 0 Å². The number of nitrogens with zero attached hydrogens (tertiary/aromatic N) is 1. The summed E-state index contributed by atoms with van der Waals surface area (Å²) >= 11 is 0. The number of fused-ring (bicyclic) bond motifs is 1. The molecule has 1 saturated heterocycles. The lowest BCUT2D eigenvalue weighted by Crippen LogP contribution is -1.98. The van der Waals surface area contributed by atoms with Crippen molar-refractivity contribution in [3.05, 3.63) is 30.0 Å². The van der Waals surface area contributed by atoms with Gasteiger partial charge < -0.3 is 4.74 Å². The molecule has 0 spiro atoms. The summed E-state index contributed by atoms with van der Waals surface area (Å²) in [6.07, 6.45) is 1.09. The lowest BCUT2D eigenvalue weighted by atomic mass is 10.0. The smallest absolute Gasteiger partial charge is 0.0755 e. The van der Waals surface area contributed by atoms with Crippen LogP contribution in [0.25, 0.3) is 10.9 Å². The Morgan fingerprint density at radius 1 is 1.36 bits per heavy atom. The van der Waals surface area contributed by atoms with Gasteiger partial charge in [-0.1, -0.05) is 18.2 Å². The summed E-state index contributed by atoms with van der Waals surface area (Å²) in [5.41, 5.74) is 2.28. The van der Waals surface area contributed by atoms with E-state index in [9.17, 15) is 0 Å². The summed E-state index contributed by atoms with van der Waals surface area (Å²) in [6, 6.07) is 8.25. The van der Waals surface area contributed by atoms with Crippen molar-refractivity contribution in [3.63, 3.8) is 0 Å². The molecule has 1 aliphatic heterocycles. The molecule has 2 heterocycles. The molecule has 0 saturated carbocycles. The average Bonchev–Trinajstić information content (AvgIpc) is 2.85. The molecule has 0 radical (unpaired) electrons. The zero-order valence-electron chi connectivity index (χ0n) is 7.86. The third-order valence-corrected chi connectivity index (χ3v) is 2.82. The third kappa shape index (κ3) is 1.13. The highest BCUT2D eigenvalue weighted by atomic mass is 16.5. The third-order valence-electron chi connectivity index (χ3n) is 2.82. The largest absolute Gasteiger partial charge is 0.381 e. The van der Waals surface area contributed by atoms with Gasteiger partial charge in [0.1, 0.15) is 0 Å². The number of aromatic amines is 1. The molecule has 1 unspecified atom stereocenters. The molecule has 1 N–H and O–H groups in total. The number of aromatic nitrogens is 2. The summed E-state index contributed by atoms with van der Waals surface area (Å²) < 4.78 is 5.38. The van der Waals surface area contributed by atoms with Gasteiger partial charge in [-0.3, -0.25) is 5.10 Å². The fourth-order valence-electron chi connectivity index (χ4n) is 2.05. The zero-order chi connectivity index (χ0) is 9.38. The van der Waals surface area contributed by atoms with Gasteiger partial charge in [0.15, 0.2) is 0 Å². The van der Waals surface area contributed by atoms with Crippen molar-refractivity contribution in [3.8, 4) is 0 Å². The molecular weight excluding hydrogens is 176 g/mol. The summed E-state index contributed by atoms with van der Waals surface area (Å²) in [6.45, 7) is 1.68. The van der Waals surface area contributed by atoms with Crippen LogP contribution in [-0.4, -0.2) is 23.4 Å². The molecule has 1 aromatic heterocycles. The Morgan fingerprint density at radius 2 is 2.29 bits per heavy atom. The molecule has 3 nitrogen and oxygen atoms in total. The maximum atomic E-state index is 5.38. The first kappa shape index (κ1) is 8.00. The standard InChI is InChI=1S/C11H12N2O/c1-2-4-10-9(3-1)11(13-12-10)8-5-6-14-7-8/h1-4,8H,5-7H2,(H,12,13). The van der Waals surface area contributed by atoms with Gasteiger partial charge in [0.05, 0.1) is 17.8 Å². The van der Waals surface area contributed by atoms with Crippen LogP contribution in [-0.2, 0) is 4.74 Å². The predicted molar refractivity (Wildman–Crippen MR) is 54.3 cm³/mol. The average molecular weight is 188 g/mol. The Morgan fingerprint density at radius 3 is 3.14 bits per heavy atom. The molecule has 2 aromatic rings. The van der Waals surface area contributed by atoms with Gasteiger partial charge in [-0.05, 0) is 12.5 Å². The minimum atomic E-state index is 0.478. The first-order chi connectivity index (χ1) is 6.95. The number of ether oxygens (including phenoxy) is 1. The summed E-state index contributed by atoms with van der Waals surface area (Å²) in [7, 11) is 0. The molecule has 1 atom stereocenters. The van der Waals surface area contributed by atoms with Crippen molar-refractivity contribution in [1.29, 1.82) is 0 Å². The van der Waals surface area contributed by atoms with E-state index in [2.05, 4.69) is 28.4 Å². The number of hydrogen-bond donors (Lipinski definition) is 1. The van der Waals surface area contributed by atoms with E-state index in [1.165, 1.54) is 5.39 Å². The zero-order valence-corrected chi connectivity index (χ0v) is 7.86. The van der Waals surface area contributed by atoms with E-state index in [0.717, 1.165) is 30.8 Å². The summed E-state index contributed by atoms with van der Waals surface area (Å²) in [5.74, 6) is 0.478. The van der Waals surface area contributed by atoms with Crippen LogP contribution in [0.3, 0.4) is 0 Å². The number of benzene rings is 1. The van der Waals surface area contributed by atoms with Crippen LogP contribution in [0.5, 0.6) is 0 Å². The second-order valence-corrected chi connectivity index (χ2v) is 3.71. The molecule has 1 aliphatic rings. The molecule has 1 aromatic carbocycles. The first-order valence-electron chi connectivity index (χ1n) is 4.96. The molecule has 1 fully saturated rings. The molecular formula is C11H12N2O. The predicted octanol–water partition coefficient (Wildman–Crippen LogP) is 2.07. The van der Waals surface area contributed by atoms with Crippen LogP contribution in [0, 0.1) is 0 Å². The van der Waals surface area contributed by atoms with Crippen molar-refractivity contribution >= 4 is 10.9 Å². The number of para-hydroxylation sites is 1. The van der Waals surface area contributed by atoms with Crippen LogP contribution >= 0.6 is 0 Å². The normalized spacial score (nSPS) is 21.9. The highest BCUT2D eigenvalue weighted by Crippen LogP contribution is 2.28. The van der Waals surface area contributed by atoms with Crippen molar-refractivity contribution in [2.45, 2.75) is 12.3 Å². The minimum absolute atomic E-state index is 0.478. The van der Waals surface area contributed by atoms with E-state index in [1.54, 1.807) is 0 Å². The van der Waals surface area contributed by atoms with E-state index in [0.29, 0.717) is 5.92 Å². The summed E-state index contributed by atoms with van der Waals surface area (Å²) in [5, 5.41) is 8.67. The lowest BCUT2D eigenvalue weighted by Gasteiger charge is -2.02. The quantitative estimate of drug-likeness (QED) is 0.743. The highest BCUT2D eigenvalue weighted by molar-refractivity contribution is 5.81. The maximum absolute atomic E-state index is 5.38. The van der Waals surface area contributed by atoms with Crippen LogP contribution in [0.15, 0.2) is 24.3 Å². The molecule has 14 heavy (non-hydrogen) atoms. The van der Waals surface area contributed by atoms with Gasteiger partial charge in [-0.25, -0.2) is 0 Å². The highest BCUT2D eigenvalue weighted by Gasteiger charge is 2.21. The number of nitrogens with one attached hydrogen (secondary N) is 1. The number of rotatable bonds is 1. The molecule has 0 amide bonds. The van der Waals surface area contributed by atoms with E-state index < -0.39 is 0 Å². The second-order valence-electron chi connectivity index (χ2n) is 3.71. The molecule has 72 valence electrons. The molecule has 3 rings (SSSR count).